The maximum Gasteiger partial charge on any atom is 0.292 e. The molecule has 104 valence electrons. The monoisotopic (exact) mass is 274 g/mol. The first-order valence-electron chi connectivity index (χ1n) is 6.32. The van der Waals surface area contributed by atoms with Crippen molar-refractivity contribution in [1.82, 2.24) is 9.55 Å². The summed E-state index contributed by atoms with van der Waals surface area (Å²) in [6.45, 7) is 1.80. The van der Waals surface area contributed by atoms with Gasteiger partial charge in [-0.1, -0.05) is 6.07 Å². The van der Waals surface area contributed by atoms with Crippen LogP contribution in [0.4, 0.5) is 11.4 Å². The van der Waals surface area contributed by atoms with Crippen molar-refractivity contribution < 1.29 is 10.0 Å². The standard InChI is InChI=1S/C13H14N4O3/c18-9-10-1-2-11(12(7-10)17(19)20)16-6-5-15-4-3-14-13(15)8-16/h1-4,7,18H,5-6,8-9H2. The third-order valence-electron chi connectivity index (χ3n) is 3.50. The number of aliphatic hydroxyl groups excluding tert-OH is 1. The van der Waals surface area contributed by atoms with Crippen molar-refractivity contribution in [3.63, 3.8) is 0 Å². The molecule has 3 rings (SSSR count). The summed E-state index contributed by atoms with van der Waals surface area (Å²) in [7, 11) is 0. The molecule has 1 N–H and O–H groups in total. The van der Waals surface area contributed by atoms with Crippen molar-refractivity contribution in [2.45, 2.75) is 19.7 Å². The average molecular weight is 274 g/mol. The molecule has 0 saturated heterocycles. The van der Waals surface area contributed by atoms with E-state index in [-0.39, 0.29) is 12.3 Å². The Kier molecular flexibility index (Phi) is 3.11. The van der Waals surface area contributed by atoms with E-state index in [0.717, 1.165) is 12.4 Å². The first-order chi connectivity index (χ1) is 9.69. The number of nitro benzene ring substituents is 1. The number of hydrogen-bond donors (Lipinski definition) is 1. The summed E-state index contributed by atoms with van der Waals surface area (Å²) in [4.78, 5) is 17.0. The van der Waals surface area contributed by atoms with Crippen LogP contribution in [0.3, 0.4) is 0 Å². The maximum absolute atomic E-state index is 11.2. The van der Waals surface area contributed by atoms with Gasteiger partial charge in [0.1, 0.15) is 11.5 Å². The van der Waals surface area contributed by atoms with E-state index < -0.39 is 4.92 Å². The second kappa shape index (κ2) is 4.93. The Morgan fingerprint density at radius 1 is 1.40 bits per heavy atom. The predicted octanol–water partition coefficient (Wildman–Crippen LogP) is 1.30. The molecule has 7 heteroatoms. The molecule has 0 saturated carbocycles. The number of nitro groups is 1. The molecule has 0 radical (unpaired) electrons. The fourth-order valence-corrected chi connectivity index (χ4v) is 2.46. The second-order valence-corrected chi connectivity index (χ2v) is 4.70. The smallest absolute Gasteiger partial charge is 0.292 e. The van der Waals surface area contributed by atoms with Gasteiger partial charge in [0.05, 0.1) is 18.1 Å². The zero-order chi connectivity index (χ0) is 14.1. The molecule has 0 unspecified atom stereocenters. The van der Waals surface area contributed by atoms with Gasteiger partial charge >= 0.3 is 0 Å². The molecule has 0 amide bonds. The first kappa shape index (κ1) is 12.6. The molecule has 1 aliphatic heterocycles. The zero-order valence-electron chi connectivity index (χ0n) is 10.8. The van der Waals surface area contributed by atoms with Gasteiger partial charge in [0.15, 0.2) is 0 Å². The van der Waals surface area contributed by atoms with Crippen molar-refractivity contribution in [3.8, 4) is 0 Å². The molecule has 0 spiro atoms. The van der Waals surface area contributed by atoms with Crippen LogP contribution in [0.25, 0.3) is 0 Å². The predicted molar refractivity (Wildman–Crippen MR) is 72.3 cm³/mol. The molecule has 1 aromatic carbocycles. The van der Waals surface area contributed by atoms with Crippen LogP contribution in [-0.2, 0) is 19.7 Å². The number of aliphatic hydroxyl groups is 1. The van der Waals surface area contributed by atoms with Crippen LogP contribution in [0.2, 0.25) is 0 Å². The first-order valence-corrected chi connectivity index (χ1v) is 6.32. The number of benzene rings is 1. The van der Waals surface area contributed by atoms with E-state index in [0.29, 0.717) is 24.3 Å². The summed E-state index contributed by atoms with van der Waals surface area (Å²) in [6.07, 6.45) is 3.65. The van der Waals surface area contributed by atoms with E-state index >= 15 is 0 Å². The number of imidazole rings is 1. The summed E-state index contributed by atoms with van der Waals surface area (Å²) >= 11 is 0. The Bertz CT molecular complexity index is 653. The van der Waals surface area contributed by atoms with Gasteiger partial charge in [-0.2, -0.15) is 0 Å². The van der Waals surface area contributed by atoms with E-state index in [2.05, 4.69) is 4.98 Å². The van der Waals surface area contributed by atoms with Gasteiger partial charge in [-0.15, -0.1) is 0 Å². The number of rotatable bonds is 3. The Hall–Kier alpha value is -2.41. The highest BCUT2D eigenvalue weighted by atomic mass is 16.6. The molecule has 20 heavy (non-hydrogen) atoms. The van der Waals surface area contributed by atoms with E-state index in [1.165, 1.54) is 6.07 Å². The number of fused-ring (bicyclic) bond motifs is 1. The van der Waals surface area contributed by atoms with Gasteiger partial charge in [0, 0.05) is 31.5 Å². The molecule has 0 bridgehead atoms. The summed E-state index contributed by atoms with van der Waals surface area (Å²) < 4.78 is 2.05. The van der Waals surface area contributed by atoms with Crippen LogP contribution in [0.1, 0.15) is 11.4 Å². The van der Waals surface area contributed by atoms with E-state index in [4.69, 9.17) is 5.11 Å². The fraction of sp³-hybridized carbons (Fsp3) is 0.308. The Labute approximate surface area is 115 Å². The third kappa shape index (κ3) is 2.12. The molecular formula is C13H14N4O3. The summed E-state index contributed by atoms with van der Waals surface area (Å²) in [6, 6.07) is 4.84. The van der Waals surface area contributed by atoms with Crippen LogP contribution in [0, 0.1) is 10.1 Å². The van der Waals surface area contributed by atoms with E-state index in [9.17, 15) is 10.1 Å². The molecule has 1 aliphatic rings. The van der Waals surface area contributed by atoms with Crippen LogP contribution < -0.4 is 4.90 Å². The maximum atomic E-state index is 11.2. The van der Waals surface area contributed by atoms with Crippen molar-refractivity contribution >= 4 is 11.4 Å². The molecule has 0 aliphatic carbocycles. The minimum absolute atomic E-state index is 0.0246. The van der Waals surface area contributed by atoms with E-state index in [1.54, 1.807) is 18.3 Å². The van der Waals surface area contributed by atoms with Gasteiger partial charge < -0.3 is 14.6 Å². The molecule has 2 heterocycles. The molecule has 0 atom stereocenters. The van der Waals surface area contributed by atoms with Gasteiger partial charge in [-0.3, -0.25) is 10.1 Å². The lowest BCUT2D eigenvalue weighted by molar-refractivity contribution is -0.384. The van der Waals surface area contributed by atoms with Crippen molar-refractivity contribution in [2.24, 2.45) is 0 Å². The Morgan fingerprint density at radius 2 is 2.25 bits per heavy atom. The lowest BCUT2D eigenvalue weighted by Gasteiger charge is -2.29. The van der Waals surface area contributed by atoms with Crippen LogP contribution in [-0.4, -0.2) is 26.1 Å². The molecule has 7 nitrogen and oxygen atoms in total. The lowest BCUT2D eigenvalue weighted by Crippen LogP contribution is -2.34. The summed E-state index contributed by atoms with van der Waals surface area (Å²) in [5.74, 6) is 0.900. The third-order valence-corrected chi connectivity index (χ3v) is 3.50. The number of nitrogens with zero attached hydrogens (tertiary/aromatic N) is 4. The highest BCUT2D eigenvalue weighted by Crippen LogP contribution is 2.31. The number of aromatic nitrogens is 2. The molecule has 0 fully saturated rings. The average Bonchev–Trinajstić information content (AvgIpc) is 2.93. The molecule has 1 aromatic heterocycles. The van der Waals surface area contributed by atoms with Gasteiger partial charge in [-0.05, 0) is 11.6 Å². The van der Waals surface area contributed by atoms with E-state index in [1.807, 2.05) is 15.7 Å². The van der Waals surface area contributed by atoms with Crippen LogP contribution >= 0.6 is 0 Å². The summed E-state index contributed by atoms with van der Waals surface area (Å²) in [5, 5.41) is 20.3. The van der Waals surface area contributed by atoms with Crippen LogP contribution in [0.15, 0.2) is 30.6 Å². The van der Waals surface area contributed by atoms with Crippen molar-refractivity contribution in [3.05, 3.63) is 52.1 Å². The van der Waals surface area contributed by atoms with Crippen molar-refractivity contribution in [1.29, 1.82) is 0 Å². The summed E-state index contributed by atoms with van der Waals surface area (Å²) in [5.41, 5.74) is 1.14. The zero-order valence-corrected chi connectivity index (χ0v) is 10.8. The van der Waals surface area contributed by atoms with Crippen LogP contribution in [0.5, 0.6) is 0 Å². The van der Waals surface area contributed by atoms with Crippen molar-refractivity contribution in [2.75, 3.05) is 11.4 Å². The largest absolute Gasteiger partial charge is 0.392 e. The molecular weight excluding hydrogens is 260 g/mol. The second-order valence-electron chi connectivity index (χ2n) is 4.70. The highest BCUT2D eigenvalue weighted by Gasteiger charge is 2.24. The topological polar surface area (TPSA) is 84.4 Å². The highest BCUT2D eigenvalue weighted by molar-refractivity contribution is 5.64. The minimum atomic E-state index is -0.407. The normalized spacial score (nSPS) is 14.2. The van der Waals surface area contributed by atoms with Gasteiger partial charge in [0.2, 0.25) is 0 Å². The fourth-order valence-electron chi connectivity index (χ4n) is 2.46. The molecule has 2 aromatic rings. The van der Waals surface area contributed by atoms with Gasteiger partial charge in [-0.25, -0.2) is 4.98 Å². The van der Waals surface area contributed by atoms with Gasteiger partial charge in [0.25, 0.3) is 5.69 Å². The lowest BCUT2D eigenvalue weighted by atomic mass is 10.1. The Balaban J connectivity index is 1.96. The quantitative estimate of drug-likeness (QED) is 0.673. The minimum Gasteiger partial charge on any atom is -0.392 e. The SMILES string of the molecule is O=[N+]([O-])c1cc(CO)ccc1N1CCn2ccnc2C1. The number of hydrogen-bond acceptors (Lipinski definition) is 5. The number of anilines is 1. The Morgan fingerprint density at radius 3 is 3.00 bits per heavy atom.